The lowest BCUT2D eigenvalue weighted by Crippen LogP contribution is -2.37. The van der Waals surface area contributed by atoms with Crippen molar-refractivity contribution in [1.29, 1.82) is 0 Å². The van der Waals surface area contributed by atoms with E-state index in [4.69, 9.17) is 45.3 Å². The van der Waals surface area contributed by atoms with Gasteiger partial charge in [0.1, 0.15) is 5.75 Å². The maximum atomic E-state index is 12.0. The van der Waals surface area contributed by atoms with Gasteiger partial charge in [0, 0.05) is 21.8 Å². The average Bonchev–Trinajstić information content (AvgIpc) is 2.62. The van der Waals surface area contributed by atoms with Gasteiger partial charge in [0.2, 0.25) is 0 Å². The number of carboxylic acid groups (broad SMARTS) is 1. The Balaban J connectivity index is 1.88. The van der Waals surface area contributed by atoms with Crippen molar-refractivity contribution in [2.24, 2.45) is 0 Å². The first kappa shape index (κ1) is 21.7. The van der Waals surface area contributed by atoms with Crippen molar-refractivity contribution in [3.63, 3.8) is 0 Å². The smallest absolute Gasteiger partial charge is 0.328 e. The van der Waals surface area contributed by atoms with Crippen LogP contribution in [0.4, 0.5) is 5.69 Å². The molecule has 0 saturated carbocycles. The van der Waals surface area contributed by atoms with Crippen molar-refractivity contribution >= 4 is 64.2 Å². The third-order valence-electron chi connectivity index (χ3n) is 3.44. The number of hydrogen-bond donors (Lipinski definition) is 3. The fraction of sp³-hybridized carbons (Fsp3) is 0.105. The summed E-state index contributed by atoms with van der Waals surface area (Å²) in [5.74, 6) is -1.14. The molecule has 0 aliphatic carbocycles. The highest BCUT2D eigenvalue weighted by Crippen LogP contribution is 2.29. The van der Waals surface area contributed by atoms with Crippen LogP contribution in [0.5, 0.6) is 5.75 Å². The van der Waals surface area contributed by atoms with Gasteiger partial charge in [-0.2, -0.15) is 0 Å². The monoisotopic (exact) mass is 438 g/mol. The summed E-state index contributed by atoms with van der Waals surface area (Å²) in [5.41, 5.74) is 1.99. The molecule has 0 unspecified atom stereocenters. The second-order valence-electron chi connectivity index (χ2n) is 5.60. The molecular formula is C19H16Cl2N2O4S. The minimum absolute atomic E-state index is 0.0768. The van der Waals surface area contributed by atoms with E-state index < -0.39 is 11.9 Å². The number of halogens is 2. The fourth-order valence-electron chi connectivity index (χ4n) is 2.07. The Bertz CT molecular complexity index is 924. The van der Waals surface area contributed by atoms with Crippen LogP contribution in [0.15, 0.2) is 42.5 Å². The summed E-state index contributed by atoms with van der Waals surface area (Å²) in [7, 11) is 0. The molecule has 1 amide bonds. The zero-order valence-electron chi connectivity index (χ0n) is 14.7. The first-order chi connectivity index (χ1) is 13.2. The van der Waals surface area contributed by atoms with Gasteiger partial charge in [-0.3, -0.25) is 10.1 Å². The number of benzene rings is 2. The summed E-state index contributed by atoms with van der Waals surface area (Å²) < 4.78 is 5.38. The molecule has 0 aromatic heterocycles. The molecular weight excluding hydrogens is 423 g/mol. The zero-order valence-corrected chi connectivity index (χ0v) is 17.0. The molecule has 146 valence electrons. The van der Waals surface area contributed by atoms with E-state index in [0.717, 1.165) is 11.6 Å². The van der Waals surface area contributed by atoms with E-state index in [0.29, 0.717) is 27.0 Å². The van der Waals surface area contributed by atoms with Crippen molar-refractivity contribution in [2.45, 2.75) is 6.92 Å². The molecule has 2 aromatic rings. The molecule has 3 N–H and O–H groups in total. The van der Waals surface area contributed by atoms with Gasteiger partial charge in [-0.15, -0.1) is 0 Å². The second kappa shape index (κ2) is 10.1. The third-order valence-corrected chi connectivity index (χ3v) is 4.43. The Morgan fingerprint density at radius 3 is 2.54 bits per heavy atom. The summed E-state index contributed by atoms with van der Waals surface area (Å²) in [6, 6.07) is 10.0. The fourth-order valence-corrected chi connectivity index (χ4v) is 2.77. The number of amides is 1. The van der Waals surface area contributed by atoms with Crippen molar-refractivity contribution < 1.29 is 19.4 Å². The van der Waals surface area contributed by atoms with E-state index in [1.807, 2.05) is 0 Å². The number of carbonyl (C=O) groups is 2. The number of nitrogens with one attached hydrogen (secondary N) is 2. The number of ether oxygens (including phenoxy) is 1. The summed E-state index contributed by atoms with van der Waals surface area (Å²) in [5, 5.41) is 15.0. The highest BCUT2D eigenvalue weighted by atomic mass is 35.5. The van der Waals surface area contributed by atoms with E-state index in [2.05, 4.69) is 10.6 Å². The van der Waals surface area contributed by atoms with Crippen molar-refractivity contribution in [1.82, 2.24) is 5.32 Å². The Kier molecular flexibility index (Phi) is 7.80. The van der Waals surface area contributed by atoms with Crippen LogP contribution in [0.2, 0.25) is 10.0 Å². The highest BCUT2D eigenvalue weighted by Gasteiger charge is 2.09. The molecule has 0 bridgehead atoms. The van der Waals surface area contributed by atoms with Crippen molar-refractivity contribution in [3.8, 4) is 5.75 Å². The molecule has 28 heavy (non-hydrogen) atoms. The van der Waals surface area contributed by atoms with Gasteiger partial charge in [-0.1, -0.05) is 35.3 Å². The van der Waals surface area contributed by atoms with Gasteiger partial charge >= 0.3 is 5.97 Å². The van der Waals surface area contributed by atoms with E-state index in [-0.39, 0.29) is 11.7 Å². The number of carboxylic acids is 1. The van der Waals surface area contributed by atoms with Gasteiger partial charge in [0.05, 0.1) is 0 Å². The van der Waals surface area contributed by atoms with Crippen LogP contribution in [0.3, 0.4) is 0 Å². The molecule has 2 rings (SSSR count). The minimum Gasteiger partial charge on any atom is -0.484 e. The van der Waals surface area contributed by atoms with Crippen LogP contribution in [-0.2, 0) is 9.59 Å². The van der Waals surface area contributed by atoms with Crippen LogP contribution in [0.25, 0.3) is 6.08 Å². The van der Waals surface area contributed by atoms with E-state index >= 15 is 0 Å². The van der Waals surface area contributed by atoms with Gasteiger partial charge < -0.3 is 15.2 Å². The summed E-state index contributed by atoms with van der Waals surface area (Å²) in [6.45, 7) is 1.50. The standard InChI is InChI=1S/C19H16Cl2N2O4S/c1-11-15(20)8-14(9-16(11)21)27-10-17(24)23-19(28)22-13-4-2-3-12(7-13)5-6-18(25)26/h2-9H,10H2,1H3,(H,25,26)(H2,22,23,24,28)/b6-5+. The number of rotatable bonds is 6. The van der Waals surface area contributed by atoms with E-state index in [1.165, 1.54) is 6.08 Å². The molecule has 0 atom stereocenters. The number of aliphatic carboxylic acids is 1. The summed E-state index contributed by atoms with van der Waals surface area (Å²) in [6.07, 6.45) is 2.47. The van der Waals surface area contributed by atoms with Gasteiger partial charge in [0.15, 0.2) is 11.7 Å². The van der Waals surface area contributed by atoms with Gasteiger partial charge in [0.25, 0.3) is 5.91 Å². The lowest BCUT2D eigenvalue weighted by Gasteiger charge is -2.12. The molecule has 2 aromatic carbocycles. The number of thiocarbonyl (C=S) groups is 1. The molecule has 0 heterocycles. The average molecular weight is 439 g/mol. The first-order valence-electron chi connectivity index (χ1n) is 7.95. The Hall–Kier alpha value is -2.61. The van der Waals surface area contributed by atoms with Crippen LogP contribution >= 0.6 is 35.4 Å². The molecule has 0 aliphatic rings. The van der Waals surface area contributed by atoms with Crippen LogP contribution in [-0.4, -0.2) is 28.7 Å². The number of carbonyl (C=O) groups excluding carboxylic acids is 1. The quantitative estimate of drug-likeness (QED) is 0.460. The lowest BCUT2D eigenvalue weighted by atomic mass is 10.2. The lowest BCUT2D eigenvalue weighted by molar-refractivity contribution is -0.131. The number of hydrogen-bond acceptors (Lipinski definition) is 4. The maximum absolute atomic E-state index is 12.0. The molecule has 0 aliphatic heterocycles. The Morgan fingerprint density at radius 2 is 1.89 bits per heavy atom. The largest absolute Gasteiger partial charge is 0.484 e. The van der Waals surface area contributed by atoms with Crippen LogP contribution < -0.4 is 15.4 Å². The predicted molar refractivity (Wildman–Crippen MR) is 114 cm³/mol. The predicted octanol–water partition coefficient (Wildman–Crippen LogP) is 4.29. The summed E-state index contributed by atoms with van der Waals surface area (Å²) >= 11 is 17.2. The molecule has 0 spiro atoms. The van der Waals surface area contributed by atoms with Crippen molar-refractivity contribution in [3.05, 3.63) is 63.6 Å². The van der Waals surface area contributed by atoms with Crippen molar-refractivity contribution in [2.75, 3.05) is 11.9 Å². The minimum atomic E-state index is -1.04. The molecule has 0 saturated heterocycles. The maximum Gasteiger partial charge on any atom is 0.328 e. The second-order valence-corrected chi connectivity index (χ2v) is 6.82. The zero-order chi connectivity index (χ0) is 20.7. The van der Waals surface area contributed by atoms with Gasteiger partial charge in [-0.25, -0.2) is 4.79 Å². The van der Waals surface area contributed by atoms with Crippen LogP contribution in [0, 0.1) is 6.92 Å². The van der Waals surface area contributed by atoms with Crippen LogP contribution in [0.1, 0.15) is 11.1 Å². The Morgan fingerprint density at radius 1 is 1.21 bits per heavy atom. The number of anilines is 1. The highest BCUT2D eigenvalue weighted by molar-refractivity contribution is 7.80. The van der Waals surface area contributed by atoms with E-state index in [1.54, 1.807) is 43.3 Å². The van der Waals surface area contributed by atoms with E-state index in [9.17, 15) is 9.59 Å². The first-order valence-corrected chi connectivity index (χ1v) is 9.11. The topological polar surface area (TPSA) is 87.7 Å². The Labute approximate surface area is 177 Å². The molecule has 0 fully saturated rings. The molecule has 6 nitrogen and oxygen atoms in total. The van der Waals surface area contributed by atoms with Gasteiger partial charge in [-0.05, 0) is 60.6 Å². The molecule has 9 heteroatoms. The third kappa shape index (κ3) is 6.84. The SMILES string of the molecule is Cc1c(Cl)cc(OCC(=O)NC(=S)Nc2cccc(/C=C/C(=O)O)c2)cc1Cl. The normalized spacial score (nSPS) is 10.5. The summed E-state index contributed by atoms with van der Waals surface area (Å²) in [4.78, 5) is 22.6. The molecule has 0 radical (unpaired) electrons.